The van der Waals surface area contributed by atoms with Crippen molar-refractivity contribution in [2.75, 3.05) is 0 Å². The third kappa shape index (κ3) is 6.54. The summed E-state index contributed by atoms with van der Waals surface area (Å²) in [4.78, 5) is 0. The van der Waals surface area contributed by atoms with Crippen molar-refractivity contribution in [2.24, 2.45) is 0 Å². The summed E-state index contributed by atoms with van der Waals surface area (Å²) in [7, 11) is 0. The van der Waals surface area contributed by atoms with Crippen LogP contribution in [0.3, 0.4) is 0 Å². The fourth-order valence-electron chi connectivity index (χ4n) is 7.48. The van der Waals surface area contributed by atoms with E-state index in [0.29, 0.717) is 0 Å². The summed E-state index contributed by atoms with van der Waals surface area (Å²) < 4.78 is 9.05. The number of imidazole rings is 2. The molecule has 0 radical (unpaired) electrons. The van der Waals surface area contributed by atoms with Gasteiger partial charge in [0.05, 0.1) is 0 Å². The summed E-state index contributed by atoms with van der Waals surface area (Å²) >= 11 is 0. The molecule has 0 bridgehead atoms. The molecule has 246 valence electrons. The number of rotatable bonds is 6. The maximum absolute atomic E-state index is 2.42. The van der Waals surface area contributed by atoms with Crippen molar-refractivity contribution >= 4 is 0 Å². The highest BCUT2D eigenvalue weighted by molar-refractivity contribution is 5.51. The summed E-state index contributed by atoms with van der Waals surface area (Å²) in [6.07, 6.45) is 14.0. The minimum absolute atomic E-state index is 0.0165. The van der Waals surface area contributed by atoms with Crippen LogP contribution in [0.1, 0.15) is 91.6 Å². The molecular formula is C44H52N4+2. The Bertz CT molecular complexity index is 2080. The summed E-state index contributed by atoms with van der Waals surface area (Å²) in [6.45, 7) is 24.8. The van der Waals surface area contributed by atoms with Crippen molar-refractivity contribution < 1.29 is 9.13 Å². The van der Waals surface area contributed by atoms with Crippen LogP contribution in [-0.4, -0.2) is 9.13 Å². The number of benzene rings is 4. The minimum Gasteiger partial charge on any atom is -0.202 e. The lowest BCUT2D eigenvalue weighted by molar-refractivity contribution is -0.595. The van der Waals surface area contributed by atoms with E-state index >= 15 is 0 Å². The fraction of sp³-hybridized carbons (Fsp3) is 0.318. The molecule has 0 aliphatic carbocycles. The molecular weight excluding hydrogens is 585 g/mol. The highest BCUT2D eigenvalue weighted by atomic mass is 15.1. The largest absolute Gasteiger partial charge is 0.254 e. The van der Waals surface area contributed by atoms with Crippen molar-refractivity contribution in [3.63, 3.8) is 0 Å². The lowest BCUT2D eigenvalue weighted by Gasteiger charge is -2.22. The van der Waals surface area contributed by atoms with Crippen molar-refractivity contribution in [3.05, 3.63) is 154 Å². The Morgan fingerprint density at radius 1 is 0.562 bits per heavy atom. The topological polar surface area (TPSA) is 17.6 Å². The van der Waals surface area contributed by atoms with E-state index in [-0.39, 0.29) is 10.8 Å². The zero-order chi connectivity index (χ0) is 34.5. The smallest absolute Gasteiger partial charge is 0.202 e. The average Bonchev–Trinajstić information content (AvgIpc) is 3.66. The van der Waals surface area contributed by atoms with E-state index in [9.17, 15) is 0 Å². The number of aryl methyl sites for hydroxylation is 5. The predicted molar refractivity (Wildman–Crippen MR) is 198 cm³/mol. The number of hydrogen-bond acceptors (Lipinski definition) is 0. The quantitative estimate of drug-likeness (QED) is 0.162. The van der Waals surface area contributed by atoms with E-state index in [4.69, 9.17) is 0 Å². The van der Waals surface area contributed by atoms with E-state index in [1.54, 1.807) is 0 Å². The van der Waals surface area contributed by atoms with Gasteiger partial charge in [0.2, 0.25) is 0 Å². The monoisotopic (exact) mass is 636 g/mol. The molecule has 4 heteroatoms. The predicted octanol–water partition coefficient (Wildman–Crippen LogP) is 9.55. The van der Waals surface area contributed by atoms with Crippen molar-refractivity contribution in [1.29, 1.82) is 0 Å². The highest BCUT2D eigenvalue weighted by Crippen LogP contribution is 2.31. The Labute approximate surface area is 288 Å². The van der Waals surface area contributed by atoms with Crippen LogP contribution < -0.4 is 9.13 Å². The first-order chi connectivity index (χ1) is 22.6. The first-order valence-corrected chi connectivity index (χ1v) is 17.2. The fourth-order valence-corrected chi connectivity index (χ4v) is 7.48. The second-order valence-electron chi connectivity index (χ2n) is 15.8. The molecule has 4 aromatic carbocycles. The Hall–Kier alpha value is -4.70. The van der Waals surface area contributed by atoms with Crippen LogP contribution in [-0.2, 0) is 17.3 Å². The van der Waals surface area contributed by atoms with E-state index in [0.717, 1.165) is 6.42 Å². The van der Waals surface area contributed by atoms with Gasteiger partial charge in [-0.1, -0.05) is 102 Å². The van der Waals surface area contributed by atoms with Gasteiger partial charge in [0.15, 0.2) is 0 Å². The third-order valence-electron chi connectivity index (χ3n) is 9.52. The summed E-state index contributed by atoms with van der Waals surface area (Å²) in [5, 5.41) is 0. The molecule has 6 rings (SSSR count). The Kier molecular flexibility index (Phi) is 8.57. The van der Waals surface area contributed by atoms with Crippen LogP contribution in [0.15, 0.2) is 104 Å². The van der Waals surface area contributed by atoms with Gasteiger partial charge < -0.3 is 0 Å². The maximum atomic E-state index is 2.42. The normalized spacial score (nSPS) is 12.1. The van der Waals surface area contributed by atoms with Gasteiger partial charge in [-0.15, -0.1) is 0 Å². The highest BCUT2D eigenvalue weighted by Gasteiger charge is 2.25. The zero-order valence-corrected chi connectivity index (χ0v) is 30.8. The minimum atomic E-state index is -0.0165. The van der Waals surface area contributed by atoms with Gasteiger partial charge in [0.1, 0.15) is 47.5 Å². The molecule has 0 saturated carbocycles. The molecule has 0 aliphatic rings. The molecule has 4 nitrogen and oxygen atoms in total. The Morgan fingerprint density at radius 3 is 1.79 bits per heavy atom. The van der Waals surface area contributed by atoms with Gasteiger partial charge in [-0.05, 0) is 97.4 Å². The number of para-hydroxylation sites is 1. The first kappa shape index (κ1) is 33.2. The lowest BCUT2D eigenvalue weighted by Crippen LogP contribution is -2.32. The number of nitrogens with zero attached hydrogens (tertiary/aromatic N) is 4. The summed E-state index contributed by atoms with van der Waals surface area (Å²) in [5.74, 6) is 0. The molecule has 2 aromatic heterocycles. The van der Waals surface area contributed by atoms with E-state index in [1.165, 1.54) is 72.8 Å². The molecule has 0 N–H and O–H groups in total. The molecule has 6 aromatic rings. The average molecular weight is 637 g/mol. The lowest BCUT2D eigenvalue weighted by atomic mass is 9.84. The van der Waals surface area contributed by atoms with Crippen molar-refractivity contribution in [3.8, 4) is 22.7 Å². The van der Waals surface area contributed by atoms with Crippen LogP contribution in [0.25, 0.3) is 22.7 Å². The van der Waals surface area contributed by atoms with Gasteiger partial charge in [-0.25, -0.2) is 18.3 Å². The molecule has 0 unspecified atom stereocenters. The van der Waals surface area contributed by atoms with E-state index in [1.807, 2.05) is 0 Å². The van der Waals surface area contributed by atoms with E-state index < -0.39 is 0 Å². The van der Waals surface area contributed by atoms with Gasteiger partial charge >= 0.3 is 0 Å². The Balaban J connectivity index is 1.30. The van der Waals surface area contributed by atoms with Crippen molar-refractivity contribution in [1.82, 2.24) is 9.13 Å². The molecule has 0 aliphatic heterocycles. The molecule has 0 atom stereocenters. The number of hydrogen-bond donors (Lipinski definition) is 0. The molecule has 0 spiro atoms. The molecule has 48 heavy (non-hydrogen) atoms. The molecule has 0 amide bonds. The van der Waals surface area contributed by atoms with Gasteiger partial charge in [-0.3, -0.25) is 0 Å². The molecule has 0 fully saturated rings. The van der Waals surface area contributed by atoms with Crippen LogP contribution in [0, 0.1) is 34.6 Å². The van der Waals surface area contributed by atoms with Crippen LogP contribution in [0.2, 0.25) is 0 Å². The van der Waals surface area contributed by atoms with Crippen LogP contribution in [0.5, 0.6) is 0 Å². The first-order valence-electron chi connectivity index (χ1n) is 17.2. The zero-order valence-electron chi connectivity index (χ0n) is 30.8. The molecule has 0 saturated heterocycles. The third-order valence-corrected chi connectivity index (χ3v) is 9.52. The van der Waals surface area contributed by atoms with Crippen LogP contribution in [0.4, 0.5) is 0 Å². The number of aromatic nitrogens is 4. The van der Waals surface area contributed by atoms with E-state index in [2.05, 4.69) is 199 Å². The summed E-state index contributed by atoms with van der Waals surface area (Å²) in [6, 6.07) is 25.0. The van der Waals surface area contributed by atoms with Crippen molar-refractivity contribution in [2.45, 2.75) is 93.4 Å². The standard InChI is InChI=1S/C44H52N4/c1-30-22-31(2)41(32(3)23-30)47-20-21-48(29-47)42-33(4)24-36(25-34(42)5)26-35-16-17-40(38(27-35)44(9,10)11)46-19-18-45(28-46)39-15-13-12-14-37(39)43(6,7)8/h12-25,27-29H,26H2,1-11H3/q+2. The van der Waals surface area contributed by atoms with Crippen LogP contribution >= 0.6 is 0 Å². The van der Waals surface area contributed by atoms with Gasteiger partial charge in [0, 0.05) is 11.1 Å². The second kappa shape index (κ2) is 12.4. The SMILES string of the molecule is Cc1cc(C)c(-[n+]2ccn(-c3c(C)cc(Cc4ccc(-[n+]5ccn(-c6ccccc6C(C)(C)C)c5)c(C(C)(C)C)c4)cc3C)c2)c(C)c1. The maximum Gasteiger partial charge on any atom is 0.254 e. The summed E-state index contributed by atoms with van der Waals surface area (Å²) in [5.41, 5.74) is 16.8. The van der Waals surface area contributed by atoms with Gasteiger partial charge in [0.25, 0.3) is 12.7 Å². The Morgan fingerprint density at radius 2 is 1.15 bits per heavy atom. The molecule has 2 heterocycles. The van der Waals surface area contributed by atoms with Gasteiger partial charge in [-0.2, -0.15) is 0 Å². The second-order valence-corrected chi connectivity index (χ2v) is 15.8.